The Kier molecular flexibility index (Phi) is 5.36. The molecule has 1 atom stereocenters. The molecule has 0 saturated carbocycles. The highest BCUT2D eigenvalue weighted by molar-refractivity contribution is 9.10. The van der Waals surface area contributed by atoms with Crippen molar-refractivity contribution in [2.45, 2.75) is 6.10 Å². The number of benzene rings is 2. The Bertz CT molecular complexity index is 1020. The van der Waals surface area contributed by atoms with Gasteiger partial charge in [0.15, 0.2) is 0 Å². The van der Waals surface area contributed by atoms with Gasteiger partial charge in [-0.25, -0.2) is 0 Å². The highest BCUT2D eigenvalue weighted by Gasteiger charge is 2.29. The van der Waals surface area contributed by atoms with E-state index in [4.69, 9.17) is 4.74 Å². The van der Waals surface area contributed by atoms with Crippen LogP contribution >= 0.6 is 15.9 Å². The maximum Gasteiger partial charge on any atom is 0.313 e. The van der Waals surface area contributed by atoms with E-state index >= 15 is 0 Å². The van der Waals surface area contributed by atoms with Gasteiger partial charge in [-0.2, -0.15) is 0 Å². The van der Waals surface area contributed by atoms with Gasteiger partial charge in [0.25, 0.3) is 0 Å². The second kappa shape index (κ2) is 8.08. The minimum absolute atomic E-state index is 0.250. The number of carbonyl (C=O) groups excluding carboxylic acids is 2. The smallest absolute Gasteiger partial charge is 0.313 e. The fourth-order valence-electron chi connectivity index (χ4n) is 3.24. The molecule has 1 aliphatic heterocycles. The molecule has 6 nitrogen and oxygen atoms in total. The number of hydrogen-bond acceptors (Lipinski definition) is 4. The molecule has 1 unspecified atom stereocenters. The summed E-state index contributed by atoms with van der Waals surface area (Å²) in [5, 5.41) is 3.52. The highest BCUT2D eigenvalue weighted by atomic mass is 79.9. The molecule has 0 bridgehead atoms. The first kappa shape index (κ1) is 18.6. The van der Waals surface area contributed by atoms with Crippen molar-refractivity contribution in [1.82, 2.24) is 9.88 Å². The van der Waals surface area contributed by atoms with Crippen molar-refractivity contribution in [1.29, 1.82) is 0 Å². The first-order valence-electron chi connectivity index (χ1n) is 8.93. The lowest BCUT2D eigenvalue weighted by atomic mass is 10.1. The van der Waals surface area contributed by atoms with Gasteiger partial charge in [-0.3, -0.25) is 14.6 Å². The summed E-state index contributed by atoms with van der Waals surface area (Å²) in [6.07, 6.45) is 1.44. The number of ether oxygens (including phenoxy) is 1. The highest BCUT2D eigenvalue weighted by Crippen LogP contribution is 2.25. The van der Waals surface area contributed by atoms with E-state index in [2.05, 4.69) is 26.2 Å². The van der Waals surface area contributed by atoms with Crippen molar-refractivity contribution in [3.8, 4) is 0 Å². The molecule has 7 heteroatoms. The maximum absolute atomic E-state index is 12.7. The molecule has 2 heterocycles. The van der Waals surface area contributed by atoms with Crippen molar-refractivity contribution < 1.29 is 14.3 Å². The SMILES string of the molecule is O=C(Nc1cccc2ncccc12)C(=O)N1CCOC(c2ccc(Br)cc2)C1. The summed E-state index contributed by atoms with van der Waals surface area (Å²) >= 11 is 3.41. The van der Waals surface area contributed by atoms with Crippen molar-refractivity contribution >= 4 is 44.3 Å². The molecular weight excluding hydrogens is 422 g/mol. The summed E-state index contributed by atoms with van der Waals surface area (Å²) in [6.45, 7) is 1.11. The molecule has 28 heavy (non-hydrogen) atoms. The molecule has 2 aromatic carbocycles. The van der Waals surface area contributed by atoms with Gasteiger partial charge in [-0.15, -0.1) is 0 Å². The van der Waals surface area contributed by atoms with Gasteiger partial charge in [0, 0.05) is 22.6 Å². The molecule has 3 aromatic rings. The van der Waals surface area contributed by atoms with Crippen LogP contribution in [0.15, 0.2) is 65.3 Å². The van der Waals surface area contributed by atoms with Crippen LogP contribution in [0.25, 0.3) is 10.9 Å². The third kappa shape index (κ3) is 3.90. The van der Waals surface area contributed by atoms with Crippen LogP contribution in [-0.4, -0.2) is 41.4 Å². The van der Waals surface area contributed by atoms with E-state index in [1.807, 2.05) is 36.4 Å². The number of pyridine rings is 1. The predicted octanol–water partition coefficient (Wildman–Crippen LogP) is 3.54. The number of nitrogens with one attached hydrogen (secondary N) is 1. The lowest BCUT2D eigenvalue weighted by Gasteiger charge is -2.32. The van der Waals surface area contributed by atoms with Gasteiger partial charge in [0.2, 0.25) is 0 Å². The minimum Gasteiger partial charge on any atom is -0.370 e. The molecule has 0 radical (unpaired) electrons. The molecule has 0 spiro atoms. The number of nitrogens with zero attached hydrogens (tertiary/aromatic N) is 2. The number of morpholine rings is 1. The fourth-order valence-corrected chi connectivity index (χ4v) is 3.51. The zero-order chi connectivity index (χ0) is 19.5. The Hall–Kier alpha value is -2.77. The molecular formula is C21H18BrN3O3. The Morgan fingerprint density at radius 1 is 1.11 bits per heavy atom. The summed E-state index contributed by atoms with van der Waals surface area (Å²) in [6, 6.07) is 16.8. The number of carbonyl (C=O) groups is 2. The van der Waals surface area contributed by atoms with E-state index in [1.165, 1.54) is 4.90 Å². The lowest BCUT2D eigenvalue weighted by Crippen LogP contribution is -2.46. The number of fused-ring (bicyclic) bond motifs is 1. The van der Waals surface area contributed by atoms with Crippen molar-refractivity contribution in [3.05, 3.63) is 70.8 Å². The second-order valence-corrected chi connectivity index (χ2v) is 7.41. The van der Waals surface area contributed by atoms with Gasteiger partial charge < -0.3 is 15.0 Å². The van der Waals surface area contributed by atoms with Crippen LogP contribution < -0.4 is 5.32 Å². The van der Waals surface area contributed by atoms with Crippen LogP contribution in [0.5, 0.6) is 0 Å². The van der Waals surface area contributed by atoms with Crippen LogP contribution in [0.1, 0.15) is 11.7 Å². The second-order valence-electron chi connectivity index (χ2n) is 6.49. The summed E-state index contributed by atoms with van der Waals surface area (Å²) in [4.78, 5) is 31.1. The largest absolute Gasteiger partial charge is 0.370 e. The van der Waals surface area contributed by atoms with Crippen LogP contribution in [0.3, 0.4) is 0 Å². The number of hydrogen-bond donors (Lipinski definition) is 1. The van der Waals surface area contributed by atoms with Gasteiger partial charge >= 0.3 is 11.8 Å². The normalized spacial score (nSPS) is 16.8. The third-order valence-electron chi connectivity index (χ3n) is 4.68. The molecule has 1 N–H and O–H groups in total. The van der Waals surface area contributed by atoms with Crippen molar-refractivity contribution in [3.63, 3.8) is 0 Å². The molecule has 0 aliphatic carbocycles. The van der Waals surface area contributed by atoms with Gasteiger partial charge in [0.05, 0.1) is 24.4 Å². The summed E-state index contributed by atoms with van der Waals surface area (Å²) in [5.74, 6) is -1.22. The van der Waals surface area contributed by atoms with Gasteiger partial charge in [-0.1, -0.05) is 34.1 Å². The predicted molar refractivity (Wildman–Crippen MR) is 110 cm³/mol. The molecule has 1 fully saturated rings. The zero-order valence-corrected chi connectivity index (χ0v) is 16.6. The van der Waals surface area contributed by atoms with E-state index in [9.17, 15) is 9.59 Å². The molecule has 4 rings (SSSR count). The van der Waals surface area contributed by atoms with Crippen LogP contribution in [-0.2, 0) is 14.3 Å². The van der Waals surface area contributed by atoms with Crippen molar-refractivity contribution in [2.75, 3.05) is 25.0 Å². The number of halogens is 1. The van der Waals surface area contributed by atoms with E-state index in [0.717, 1.165) is 20.9 Å². The Morgan fingerprint density at radius 3 is 2.75 bits per heavy atom. The molecule has 1 aromatic heterocycles. The van der Waals surface area contributed by atoms with E-state index in [-0.39, 0.29) is 6.10 Å². The summed E-state index contributed by atoms with van der Waals surface area (Å²) < 4.78 is 6.77. The van der Waals surface area contributed by atoms with E-state index in [0.29, 0.717) is 25.4 Å². The molecule has 1 saturated heterocycles. The fraction of sp³-hybridized carbons (Fsp3) is 0.190. The number of anilines is 1. The van der Waals surface area contributed by atoms with E-state index in [1.54, 1.807) is 24.4 Å². The summed E-state index contributed by atoms with van der Waals surface area (Å²) in [5.41, 5.74) is 2.30. The Morgan fingerprint density at radius 2 is 1.93 bits per heavy atom. The van der Waals surface area contributed by atoms with Gasteiger partial charge in [-0.05, 0) is 42.0 Å². The van der Waals surface area contributed by atoms with Crippen LogP contribution in [0.2, 0.25) is 0 Å². The first-order valence-corrected chi connectivity index (χ1v) is 9.72. The maximum atomic E-state index is 12.7. The average Bonchev–Trinajstić information content (AvgIpc) is 2.74. The third-order valence-corrected chi connectivity index (χ3v) is 5.21. The van der Waals surface area contributed by atoms with Crippen LogP contribution in [0, 0.1) is 0 Å². The van der Waals surface area contributed by atoms with E-state index < -0.39 is 11.8 Å². The molecule has 142 valence electrons. The first-order chi connectivity index (χ1) is 13.6. The van der Waals surface area contributed by atoms with Crippen molar-refractivity contribution in [2.24, 2.45) is 0 Å². The summed E-state index contributed by atoms with van der Waals surface area (Å²) in [7, 11) is 0. The Balaban J connectivity index is 1.47. The van der Waals surface area contributed by atoms with Crippen LogP contribution in [0.4, 0.5) is 5.69 Å². The number of aromatic nitrogens is 1. The zero-order valence-electron chi connectivity index (χ0n) is 15.0. The number of rotatable bonds is 2. The topological polar surface area (TPSA) is 71.5 Å². The lowest BCUT2D eigenvalue weighted by molar-refractivity contribution is -0.148. The molecule has 1 aliphatic rings. The van der Waals surface area contributed by atoms with Gasteiger partial charge in [0.1, 0.15) is 6.10 Å². The monoisotopic (exact) mass is 439 g/mol. The standard InChI is InChI=1S/C21H18BrN3O3/c22-15-8-6-14(7-9-15)19-13-25(11-12-28-19)21(27)20(26)24-18-5-1-4-17-16(18)3-2-10-23-17/h1-10,19H,11-13H2,(H,24,26). The Labute approximate surface area is 170 Å². The average molecular weight is 440 g/mol. The molecule has 2 amide bonds. The quantitative estimate of drug-likeness (QED) is 0.619. The number of amides is 2. The minimum atomic E-state index is -0.659.